The zero-order valence-corrected chi connectivity index (χ0v) is 15.0. The summed E-state index contributed by atoms with van der Waals surface area (Å²) in [4.78, 5) is 20.6. The summed E-state index contributed by atoms with van der Waals surface area (Å²) in [5.41, 5.74) is 1.32. The van der Waals surface area contributed by atoms with Crippen molar-refractivity contribution in [2.24, 2.45) is 0 Å². The number of rotatable bonds is 8. The Hall–Kier alpha value is -2.83. The molecule has 0 radical (unpaired) electrons. The van der Waals surface area contributed by atoms with E-state index in [2.05, 4.69) is 27.5 Å². The average Bonchev–Trinajstić information content (AvgIpc) is 2.66. The van der Waals surface area contributed by atoms with Gasteiger partial charge in [0, 0.05) is 25.0 Å². The number of carbonyl (C=O) groups excluding carboxylic acids is 1. The number of anilines is 1. The summed E-state index contributed by atoms with van der Waals surface area (Å²) in [5.74, 6) is 1.56. The Morgan fingerprint density at radius 1 is 1.16 bits per heavy atom. The van der Waals surface area contributed by atoms with Gasteiger partial charge in [0.2, 0.25) is 5.95 Å². The fourth-order valence-corrected chi connectivity index (χ4v) is 2.12. The topological polar surface area (TPSA) is 85.4 Å². The van der Waals surface area contributed by atoms with Gasteiger partial charge in [0.25, 0.3) is 5.91 Å². The van der Waals surface area contributed by atoms with E-state index >= 15 is 0 Å². The summed E-state index contributed by atoms with van der Waals surface area (Å²) in [6, 6.07) is 5.79. The molecule has 0 bridgehead atoms. The van der Waals surface area contributed by atoms with E-state index in [4.69, 9.17) is 9.47 Å². The highest BCUT2D eigenvalue weighted by Crippen LogP contribution is 2.27. The fraction of sp³-hybridized carbons (Fsp3) is 0.389. The van der Waals surface area contributed by atoms with Gasteiger partial charge in [0.05, 0.1) is 19.8 Å². The molecule has 1 atom stereocenters. The highest BCUT2D eigenvalue weighted by molar-refractivity contribution is 5.93. The van der Waals surface area contributed by atoms with Gasteiger partial charge in [-0.3, -0.25) is 4.79 Å². The second kappa shape index (κ2) is 8.86. The molecular formula is C18H24N4O3. The van der Waals surface area contributed by atoms with E-state index in [0.717, 1.165) is 12.0 Å². The number of benzene rings is 1. The monoisotopic (exact) mass is 344 g/mol. The molecule has 0 aliphatic rings. The number of hydrogen-bond donors (Lipinski definition) is 2. The van der Waals surface area contributed by atoms with Crippen LogP contribution in [-0.2, 0) is 6.54 Å². The molecule has 2 N–H and O–H groups in total. The maximum absolute atomic E-state index is 12.2. The second-order valence-electron chi connectivity index (χ2n) is 5.62. The van der Waals surface area contributed by atoms with Gasteiger partial charge in [-0.2, -0.15) is 0 Å². The largest absolute Gasteiger partial charge is 0.493 e. The molecule has 1 aromatic heterocycles. The first-order chi connectivity index (χ1) is 12.1. The Kier molecular flexibility index (Phi) is 6.56. The number of hydrogen-bond acceptors (Lipinski definition) is 6. The van der Waals surface area contributed by atoms with Crippen LogP contribution < -0.4 is 20.1 Å². The van der Waals surface area contributed by atoms with Crippen LogP contribution in [0.15, 0.2) is 30.6 Å². The van der Waals surface area contributed by atoms with Crippen LogP contribution in [0.5, 0.6) is 11.5 Å². The summed E-state index contributed by atoms with van der Waals surface area (Å²) in [6.07, 6.45) is 4.00. The SMILES string of the molecule is CCC(C)Nc1ncc(C(=O)NCc2ccc(OC)c(OC)c2)cn1. The van der Waals surface area contributed by atoms with Crippen molar-refractivity contribution < 1.29 is 14.3 Å². The van der Waals surface area contributed by atoms with Crippen molar-refractivity contribution in [2.75, 3.05) is 19.5 Å². The summed E-state index contributed by atoms with van der Waals surface area (Å²) in [7, 11) is 3.16. The van der Waals surface area contributed by atoms with Crippen LogP contribution in [0.25, 0.3) is 0 Å². The molecule has 0 spiro atoms. The van der Waals surface area contributed by atoms with Crippen molar-refractivity contribution in [3.63, 3.8) is 0 Å². The van der Waals surface area contributed by atoms with E-state index in [1.165, 1.54) is 12.4 Å². The van der Waals surface area contributed by atoms with Crippen LogP contribution in [0.3, 0.4) is 0 Å². The summed E-state index contributed by atoms with van der Waals surface area (Å²) in [6.45, 7) is 4.49. The van der Waals surface area contributed by atoms with Crippen LogP contribution >= 0.6 is 0 Å². The highest BCUT2D eigenvalue weighted by atomic mass is 16.5. The Morgan fingerprint density at radius 3 is 2.44 bits per heavy atom. The molecule has 0 aliphatic heterocycles. The number of amides is 1. The Labute approximate surface area is 147 Å². The lowest BCUT2D eigenvalue weighted by atomic mass is 10.2. The standard InChI is InChI=1S/C18H24N4O3/c1-5-12(2)22-18-20-10-14(11-21-18)17(23)19-9-13-6-7-15(24-3)16(8-13)25-4/h6-8,10-12H,5,9H2,1-4H3,(H,19,23)(H,20,21,22). The maximum Gasteiger partial charge on any atom is 0.254 e. The van der Waals surface area contributed by atoms with E-state index in [1.807, 2.05) is 19.1 Å². The Morgan fingerprint density at radius 2 is 1.84 bits per heavy atom. The lowest BCUT2D eigenvalue weighted by Gasteiger charge is -2.11. The minimum absolute atomic E-state index is 0.232. The molecule has 25 heavy (non-hydrogen) atoms. The quantitative estimate of drug-likeness (QED) is 0.766. The third-order valence-corrected chi connectivity index (χ3v) is 3.80. The molecule has 2 rings (SSSR count). The second-order valence-corrected chi connectivity index (χ2v) is 5.62. The van der Waals surface area contributed by atoms with Gasteiger partial charge in [0.1, 0.15) is 0 Å². The normalized spacial score (nSPS) is 11.5. The molecule has 0 fully saturated rings. The van der Waals surface area contributed by atoms with Crippen LogP contribution in [0.4, 0.5) is 5.95 Å². The van der Waals surface area contributed by atoms with E-state index in [-0.39, 0.29) is 11.9 Å². The van der Waals surface area contributed by atoms with Crippen molar-refractivity contribution in [1.29, 1.82) is 0 Å². The molecule has 1 unspecified atom stereocenters. The van der Waals surface area contributed by atoms with Crippen molar-refractivity contribution in [1.82, 2.24) is 15.3 Å². The lowest BCUT2D eigenvalue weighted by molar-refractivity contribution is 0.0950. The lowest BCUT2D eigenvalue weighted by Crippen LogP contribution is -2.23. The van der Waals surface area contributed by atoms with Gasteiger partial charge < -0.3 is 20.1 Å². The minimum Gasteiger partial charge on any atom is -0.493 e. The number of nitrogens with one attached hydrogen (secondary N) is 2. The van der Waals surface area contributed by atoms with Gasteiger partial charge in [-0.15, -0.1) is 0 Å². The van der Waals surface area contributed by atoms with Crippen LogP contribution in [0, 0.1) is 0 Å². The fourth-order valence-electron chi connectivity index (χ4n) is 2.12. The number of aromatic nitrogens is 2. The first kappa shape index (κ1) is 18.5. The number of nitrogens with zero attached hydrogens (tertiary/aromatic N) is 2. The predicted octanol–water partition coefficient (Wildman–Crippen LogP) is 2.63. The Bertz CT molecular complexity index is 704. The smallest absolute Gasteiger partial charge is 0.254 e. The van der Waals surface area contributed by atoms with Gasteiger partial charge in [0.15, 0.2) is 11.5 Å². The first-order valence-corrected chi connectivity index (χ1v) is 8.15. The van der Waals surface area contributed by atoms with Crippen LogP contribution in [0.1, 0.15) is 36.2 Å². The minimum atomic E-state index is -0.232. The van der Waals surface area contributed by atoms with Crippen molar-refractivity contribution in [3.05, 3.63) is 41.7 Å². The van der Waals surface area contributed by atoms with Gasteiger partial charge in [-0.25, -0.2) is 9.97 Å². The van der Waals surface area contributed by atoms with Crippen molar-refractivity contribution in [2.45, 2.75) is 32.9 Å². The van der Waals surface area contributed by atoms with Gasteiger partial charge in [-0.1, -0.05) is 13.0 Å². The summed E-state index contributed by atoms with van der Waals surface area (Å²) >= 11 is 0. The van der Waals surface area contributed by atoms with Crippen molar-refractivity contribution in [3.8, 4) is 11.5 Å². The van der Waals surface area contributed by atoms with E-state index < -0.39 is 0 Å². The zero-order valence-electron chi connectivity index (χ0n) is 15.0. The number of ether oxygens (including phenoxy) is 2. The first-order valence-electron chi connectivity index (χ1n) is 8.15. The highest BCUT2D eigenvalue weighted by Gasteiger charge is 2.09. The predicted molar refractivity (Wildman–Crippen MR) is 96.1 cm³/mol. The number of methoxy groups -OCH3 is 2. The molecule has 0 saturated carbocycles. The van der Waals surface area contributed by atoms with E-state index in [1.54, 1.807) is 20.3 Å². The third kappa shape index (κ3) is 5.07. The maximum atomic E-state index is 12.2. The molecule has 2 aromatic rings. The Balaban J connectivity index is 1.96. The molecule has 1 aromatic carbocycles. The molecule has 1 amide bonds. The number of carbonyl (C=O) groups is 1. The van der Waals surface area contributed by atoms with Gasteiger partial charge in [-0.05, 0) is 31.0 Å². The zero-order chi connectivity index (χ0) is 18.2. The molecule has 7 heteroatoms. The average molecular weight is 344 g/mol. The van der Waals surface area contributed by atoms with Gasteiger partial charge >= 0.3 is 0 Å². The third-order valence-electron chi connectivity index (χ3n) is 3.80. The molecule has 1 heterocycles. The van der Waals surface area contributed by atoms with Crippen LogP contribution in [-0.4, -0.2) is 36.1 Å². The molecule has 134 valence electrons. The van der Waals surface area contributed by atoms with E-state index in [0.29, 0.717) is 29.6 Å². The molecule has 7 nitrogen and oxygen atoms in total. The summed E-state index contributed by atoms with van der Waals surface area (Å²) in [5, 5.41) is 6.00. The molecular weight excluding hydrogens is 320 g/mol. The van der Waals surface area contributed by atoms with Crippen molar-refractivity contribution >= 4 is 11.9 Å². The summed E-state index contributed by atoms with van der Waals surface area (Å²) < 4.78 is 10.5. The van der Waals surface area contributed by atoms with E-state index in [9.17, 15) is 4.79 Å². The van der Waals surface area contributed by atoms with Crippen LogP contribution in [0.2, 0.25) is 0 Å². The molecule has 0 saturated heterocycles. The molecule has 0 aliphatic carbocycles.